The summed E-state index contributed by atoms with van der Waals surface area (Å²) in [7, 11) is 0. The molecule has 0 aromatic rings. The summed E-state index contributed by atoms with van der Waals surface area (Å²) < 4.78 is 31.6. The third-order valence-electron chi connectivity index (χ3n) is 1.63. The van der Waals surface area contributed by atoms with Gasteiger partial charge in [-0.3, -0.25) is 0 Å². The van der Waals surface area contributed by atoms with E-state index in [2.05, 4.69) is 11.9 Å². The summed E-state index contributed by atoms with van der Waals surface area (Å²) in [5.74, 6) is 0.291. The van der Waals surface area contributed by atoms with Crippen LogP contribution < -0.4 is 0 Å². The predicted molar refractivity (Wildman–Crippen MR) is 40.3 cm³/mol. The van der Waals surface area contributed by atoms with Crippen molar-refractivity contribution in [3.63, 3.8) is 0 Å². The fourth-order valence-electron chi connectivity index (χ4n) is 1.07. The van der Waals surface area contributed by atoms with Crippen molar-refractivity contribution in [1.82, 2.24) is 0 Å². The van der Waals surface area contributed by atoms with Crippen LogP contribution in [-0.4, -0.2) is 0 Å². The summed E-state index contributed by atoms with van der Waals surface area (Å²) in [6.07, 6.45) is -1.34. The maximum absolute atomic E-state index is 7.63. The Morgan fingerprint density at radius 3 is 2.78 bits per heavy atom. The fraction of sp³-hybridized carbons (Fsp3) is 1.00. The zero-order valence-electron chi connectivity index (χ0n) is 9.49. The van der Waals surface area contributed by atoms with E-state index in [4.69, 9.17) is 5.48 Å². The zero-order chi connectivity index (χ0) is 10.1. The molecule has 0 saturated heterocycles. The van der Waals surface area contributed by atoms with Gasteiger partial charge in [0.25, 0.3) is 0 Å². The molecule has 50 valence electrons. The molecule has 0 N–H and O–H groups in total. The van der Waals surface area contributed by atoms with Gasteiger partial charge in [-0.1, -0.05) is 0 Å². The standard InChI is InChI=1S/C7H13.BrH.Hg/c1-7-5-3-2-4-6-7;;/h7H,1-6H2;1H;/q;;+1/p-1/i3D2,4D2;;. The van der Waals surface area contributed by atoms with Gasteiger partial charge in [-0.05, 0) is 0 Å². The van der Waals surface area contributed by atoms with Crippen LogP contribution in [0.4, 0.5) is 0 Å². The van der Waals surface area contributed by atoms with Gasteiger partial charge in [-0.2, -0.15) is 0 Å². The molecule has 0 atom stereocenters. The molecule has 1 fully saturated rings. The van der Waals surface area contributed by atoms with Crippen LogP contribution in [0.1, 0.15) is 37.5 Å². The Balaban J connectivity index is 2.61. The number of rotatable bonds is 2. The Hall–Kier alpha value is 1.42. The van der Waals surface area contributed by atoms with E-state index in [1.54, 1.807) is 0 Å². The Bertz CT molecular complexity index is 169. The van der Waals surface area contributed by atoms with Crippen LogP contribution in [-0.2, 0) is 22.1 Å². The summed E-state index contributed by atoms with van der Waals surface area (Å²) in [6.45, 7) is 0. The number of hydrogen-bond donors (Lipinski definition) is 0. The molecule has 0 aromatic heterocycles. The van der Waals surface area contributed by atoms with Crippen LogP contribution in [0.5, 0.6) is 0 Å². The van der Waals surface area contributed by atoms with Gasteiger partial charge < -0.3 is 0 Å². The van der Waals surface area contributed by atoms with Crippen molar-refractivity contribution < 1.29 is 27.6 Å². The molecule has 9 heavy (non-hydrogen) atoms. The molecule has 1 rings (SSSR count). The van der Waals surface area contributed by atoms with Gasteiger partial charge in [0.15, 0.2) is 0 Å². The van der Waals surface area contributed by atoms with E-state index in [0.717, 1.165) is 3.93 Å². The summed E-state index contributed by atoms with van der Waals surface area (Å²) in [6, 6.07) is 0. The van der Waals surface area contributed by atoms with Crippen LogP contribution in [0.15, 0.2) is 0 Å². The van der Waals surface area contributed by atoms with E-state index in [9.17, 15) is 0 Å². The topological polar surface area (TPSA) is 0 Å². The molecule has 0 aromatic carbocycles. The SMILES string of the molecule is [2H]C1([2H])CC([CH2][Hg][Br])CC([2H])([2H])C1. The Morgan fingerprint density at radius 2 is 2.22 bits per heavy atom. The normalized spacial score (nSPS) is 39.2. The number of hydrogen-bond acceptors (Lipinski definition) is 0. The van der Waals surface area contributed by atoms with Crippen molar-refractivity contribution in [1.29, 1.82) is 0 Å². The van der Waals surface area contributed by atoms with Crippen molar-refractivity contribution in [3.8, 4) is 0 Å². The van der Waals surface area contributed by atoms with Gasteiger partial charge in [0.2, 0.25) is 0 Å². The van der Waals surface area contributed by atoms with Crippen molar-refractivity contribution in [3.05, 3.63) is 0 Å². The maximum atomic E-state index is 7.63. The van der Waals surface area contributed by atoms with E-state index in [-0.39, 0.29) is 6.42 Å². The molecule has 0 amide bonds. The molecular weight excluding hydrogens is 365 g/mol. The minimum atomic E-state index is -1.28. The van der Waals surface area contributed by atoms with Crippen LogP contribution in [0.2, 0.25) is 3.93 Å². The molecule has 1 aliphatic carbocycles. The predicted octanol–water partition coefficient (Wildman–Crippen LogP) is 3.38. The van der Waals surface area contributed by atoms with Crippen molar-refractivity contribution in [2.75, 3.05) is 0 Å². The molecule has 0 bridgehead atoms. The van der Waals surface area contributed by atoms with E-state index < -0.39 is 34.9 Å². The molecule has 1 saturated carbocycles. The molecule has 0 heterocycles. The van der Waals surface area contributed by atoms with E-state index in [0.29, 0.717) is 18.8 Å². The first-order valence-electron chi connectivity index (χ1n) is 5.41. The minimum absolute atomic E-state index is 0.0790. The Kier molecular flexibility index (Phi) is 2.53. The van der Waals surface area contributed by atoms with Crippen LogP contribution >= 0.6 is 11.9 Å². The quantitative estimate of drug-likeness (QED) is 0.643. The third kappa shape index (κ3) is 3.36. The molecule has 0 unspecified atom stereocenters. The van der Waals surface area contributed by atoms with Gasteiger partial charge in [0, 0.05) is 0 Å². The second kappa shape index (κ2) is 5.12. The molecule has 1 aliphatic rings. The number of halogens is 1. The second-order valence-corrected chi connectivity index (χ2v) is 13.1. The van der Waals surface area contributed by atoms with Crippen LogP contribution in [0.3, 0.4) is 0 Å². The van der Waals surface area contributed by atoms with Gasteiger partial charge in [-0.25, -0.2) is 0 Å². The van der Waals surface area contributed by atoms with Gasteiger partial charge in [0.1, 0.15) is 0 Å². The summed E-state index contributed by atoms with van der Waals surface area (Å²) in [4.78, 5) is 0. The zero-order valence-corrected chi connectivity index (χ0v) is 12.6. The van der Waals surface area contributed by atoms with Crippen molar-refractivity contribution >= 4 is 11.9 Å². The summed E-state index contributed by atoms with van der Waals surface area (Å²) >= 11 is 2.64. The fourth-order valence-corrected chi connectivity index (χ4v) is 9.54. The van der Waals surface area contributed by atoms with E-state index in [1.165, 1.54) is 0 Å². The van der Waals surface area contributed by atoms with Gasteiger partial charge in [0.05, 0.1) is 0 Å². The molecule has 0 aliphatic heterocycles. The van der Waals surface area contributed by atoms with Crippen molar-refractivity contribution in [2.45, 2.75) is 35.9 Å². The van der Waals surface area contributed by atoms with E-state index in [1.807, 2.05) is 0 Å². The van der Waals surface area contributed by atoms with Crippen LogP contribution in [0.25, 0.3) is 0 Å². The average molecular weight is 382 g/mol. The summed E-state index contributed by atoms with van der Waals surface area (Å²) in [5, 5.41) is 0. The molecule has 0 spiro atoms. The second-order valence-electron chi connectivity index (χ2n) is 2.43. The average Bonchev–Trinajstić information content (AvgIpc) is 1.78. The van der Waals surface area contributed by atoms with E-state index >= 15 is 0 Å². The molecular formula is C7H13BrHg. The molecule has 0 radical (unpaired) electrons. The summed E-state index contributed by atoms with van der Waals surface area (Å²) in [5.41, 5.74) is 0. The first-order valence-corrected chi connectivity index (χ1v) is 19.2. The monoisotopic (exact) mass is 382 g/mol. The molecule has 2 heteroatoms. The van der Waals surface area contributed by atoms with Crippen molar-refractivity contribution in [2.24, 2.45) is 5.92 Å². The van der Waals surface area contributed by atoms with Gasteiger partial charge >= 0.3 is 81.4 Å². The molecule has 0 nitrogen and oxygen atoms in total. The third-order valence-corrected chi connectivity index (χ3v) is 9.67. The van der Waals surface area contributed by atoms with Crippen LogP contribution in [0, 0.1) is 5.92 Å². The Labute approximate surface area is 81.1 Å². The first-order chi connectivity index (χ1) is 5.85. The Morgan fingerprint density at radius 1 is 1.56 bits per heavy atom. The first kappa shape index (κ1) is 4.44. The van der Waals surface area contributed by atoms with Gasteiger partial charge in [-0.15, -0.1) is 0 Å².